The maximum atomic E-state index is 5.66. The molecule has 0 bridgehead atoms. The van der Waals surface area contributed by atoms with Crippen LogP contribution in [0.25, 0.3) is 0 Å². The fraction of sp³-hybridized carbons (Fsp3) is 0.400. The highest BCUT2D eigenvalue weighted by atomic mass is 32.1. The van der Waals surface area contributed by atoms with Gasteiger partial charge < -0.3 is 10.2 Å². The Labute approximate surface area is 150 Å². The van der Waals surface area contributed by atoms with Crippen LogP contribution in [0.2, 0.25) is 0 Å². The van der Waals surface area contributed by atoms with E-state index in [4.69, 9.17) is 12.2 Å². The first-order valence-electron chi connectivity index (χ1n) is 8.82. The monoisotopic (exact) mass is 339 g/mol. The highest BCUT2D eigenvalue weighted by Crippen LogP contribution is 2.29. The van der Waals surface area contributed by atoms with Crippen molar-refractivity contribution < 1.29 is 0 Å². The molecule has 1 fully saturated rings. The number of thiocarbonyl (C=S) groups is 1. The Balaban J connectivity index is 1.61. The Morgan fingerprint density at radius 3 is 2.62 bits per heavy atom. The van der Waals surface area contributed by atoms with Crippen LogP contribution in [0.4, 0.5) is 5.69 Å². The number of anilines is 1. The Morgan fingerprint density at radius 1 is 1.21 bits per heavy atom. The number of hydrogen-bond donors (Lipinski definition) is 1. The van der Waals surface area contributed by atoms with Crippen molar-refractivity contribution in [3.63, 3.8) is 0 Å². The standard InChI is InChI=1S/C20H25N3S/c1-2-3-6-16-8-10-17(11-9-16)22-20(24)23(19-12-13-19)15-18-7-4-5-14-21-18/h4-5,7-11,14,19H,2-3,6,12-13,15H2,1H3,(H,22,24). The number of nitrogens with zero attached hydrogens (tertiary/aromatic N) is 2. The van der Waals surface area contributed by atoms with E-state index in [1.54, 1.807) is 0 Å². The molecule has 1 heterocycles. The van der Waals surface area contributed by atoms with Crippen LogP contribution in [0.15, 0.2) is 48.7 Å². The van der Waals surface area contributed by atoms with Crippen molar-refractivity contribution in [3.05, 3.63) is 59.9 Å². The molecule has 0 unspecified atom stereocenters. The average Bonchev–Trinajstić information content (AvgIpc) is 3.45. The molecule has 0 atom stereocenters. The van der Waals surface area contributed by atoms with Gasteiger partial charge in [0.15, 0.2) is 5.11 Å². The van der Waals surface area contributed by atoms with Crippen molar-refractivity contribution >= 4 is 23.0 Å². The summed E-state index contributed by atoms with van der Waals surface area (Å²) in [4.78, 5) is 6.70. The number of benzene rings is 1. The van der Waals surface area contributed by atoms with Gasteiger partial charge in [0.2, 0.25) is 0 Å². The third kappa shape index (κ3) is 4.78. The van der Waals surface area contributed by atoms with Gasteiger partial charge in [-0.2, -0.15) is 0 Å². The molecule has 1 aromatic carbocycles. The van der Waals surface area contributed by atoms with Gasteiger partial charge in [0.25, 0.3) is 0 Å². The van der Waals surface area contributed by atoms with Gasteiger partial charge in [0, 0.05) is 17.9 Å². The number of hydrogen-bond acceptors (Lipinski definition) is 2. The van der Waals surface area contributed by atoms with Crippen molar-refractivity contribution in [1.29, 1.82) is 0 Å². The van der Waals surface area contributed by atoms with E-state index in [0.29, 0.717) is 6.04 Å². The van der Waals surface area contributed by atoms with Crippen LogP contribution in [0.5, 0.6) is 0 Å². The maximum Gasteiger partial charge on any atom is 0.174 e. The SMILES string of the molecule is CCCCc1ccc(NC(=S)N(Cc2ccccn2)C2CC2)cc1. The summed E-state index contributed by atoms with van der Waals surface area (Å²) in [7, 11) is 0. The number of aryl methyl sites for hydroxylation is 1. The van der Waals surface area contributed by atoms with Gasteiger partial charge in [-0.1, -0.05) is 31.5 Å². The molecule has 1 saturated carbocycles. The van der Waals surface area contributed by atoms with Crippen LogP contribution < -0.4 is 5.32 Å². The Morgan fingerprint density at radius 2 is 2.00 bits per heavy atom. The predicted molar refractivity (Wildman–Crippen MR) is 104 cm³/mol. The molecule has 24 heavy (non-hydrogen) atoms. The van der Waals surface area contributed by atoms with Crippen LogP contribution in [0, 0.1) is 0 Å². The number of unbranched alkanes of at least 4 members (excludes halogenated alkanes) is 1. The number of rotatable bonds is 7. The summed E-state index contributed by atoms with van der Waals surface area (Å²) >= 11 is 5.66. The van der Waals surface area contributed by atoms with Gasteiger partial charge in [-0.05, 0) is 67.7 Å². The Bertz CT molecular complexity index is 650. The molecule has 0 radical (unpaired) electrons. The van der Waals surface area contributed by atoms with Crippen LogP contribution in [0.1, 0.15) is 43.9 Å². The first kappa shape index (κ1) is 16.9. The Kier molecular flexibility index (Phi) is 5.81. The molecule has 1 aliphatic carbocycles. The van der Waals surface area contributed by atoms with E-state index < -0.39 is 0 Å². The van der Waals surface area contributed by atoms with E-state index >= 15 is 0 Å². The summed E-state index contributed by atoms with van der Waals surface area (Å²) in [6.45, 7) is 2.99. The number of aromatic nitrogens is 1. The average molecular weight is 340 g/mol. The minimum absolute atomic E-state index is 0.552. The van der Waals surface area contributed by atoms with E-state index in [1.165, 1.54) is 31.2 Å². The third-order valence-electron chi connectivity index (χ3n) is 4.33. The van der Waals surface area contributed by atoms with Gasteiger partial charge >= 0.3 is 0 Å². The topological polar surface area (TPSA) is 28.2 Å². The minimum atomic E-state index is 0.552. The van der Waals surface area contributed by atoms with E-state index in [2.05, 4.69) is 52.5 Å². The smallest absolute Gasteiger partial charge is 0.174 e. The third-order valence-corrected chi connectivity index (χ3v) is 4.67. The zero-order valence-corrected chi connectivity index (χ0v) is 15.1. The van der Waals surface area contributed by atoms with E-state index in [0.717, 1.165) is 29.5 Å². The van der Waals surface area contributed by atoms with E-state index in [9.17, 15) is 0 Å². The summed E-state index contributed by atoms with van der Waals surface area (Å²) in [6, 6.07) is 15.2. The zero-order chi connectivity index (χ0) is 16.8. The number of nitrogens with one attached hydrogen (secondary N) is 1. The molecule has 0 spiro atoms. The van der Waals surface area contributed by atoms with Crippen molar-refractivity contribution in [1.82, 2.24) is 9.88 Å². The lowest BCUT2D eigenvalue weighted by atomic mass is 10.1. The lowest BCUT2D eigenvalue weighted by Crippen LogP contribution is -2.36. The molecule has 1 aliphatic rings. The molecule has 4 heteroatoms. The molecule has 1 N–H and O–H groups in total. The largest absolute Gasteiger partial charge is 0.340 e. The fourth-order valence-electron chi connectivity index (χ4n) is 2.75. The molecule has 3 rings (SSSR count). The molecule has 0 amide bonds. The predicted octanol–water partition coefficient (Wildman–Crippen LogP) is 4.79. The summed E-state index contributed by atoms with van der Waals surface area (Å²) in [5.74, 6) is 0. The van der Waals surface area contributed by atoms with Gasteiger partial charge in [-0.25, -0.2) is 0 Å². The van der Waals surface area contributed by atoms with E-state index in [-0.39, 0.29) is 0 Å². The fourth-order valence-corrected chi connectivity index (χ4v) is 3.08. The Hall–Kier alpha value is -1.94. The summed E-state index contributed by atoms with van der Waals surface area (Å²) in [6.07, 6.45) is 7.88. The van der Waals surface area contributed by atoms with E-state index in [1.807, 2.05) is 18.3 Å². The van der Waals surface area contributed by atoms with Crippen molar-refractivity contribution in [3.8, 4) is 0 Å². The van der Waals surface area contributed by atoms with Crippen LogP contribution in [0.3, 0.4) is 0 Å². The van der Waals surface area contributed by atoms with Crippen molar-refractivity contribution in [2.24, 2.45) is 0 Å². The highest BCUT2D eigenvalue weighted by Gasteiger charge is 2.31. The maximum absolute atomic E-state index is 5.66. The zero-order valence-electron chi connectivity index (χ0n) is 14.2. The second kappa shape index (κ2) is 8.25. The molecule has 2 aromatic rings. The molecule has 3 nitrogen and oxygen atoms in total. The second-order valence-electron chi connectivity index (χ2n) is 6.41. The molecule has 0 saturated heterocycles. The first-order valence-corrected chi connectivity index (χ1v) is 9.23. The quantitative estimate of drug-likeness (QED) is 0.735. The van der Waals surface area contributed by atoms with Crippen LogP contribution in [-0.4, -0.2) is 21.0 Å². The van der Waals surface area contributed by atoms with Crippen molar-refractivity contribution in [2.45, 2.75) is 51.6 Å². The highest BCUT2D eigenvalue weighted by molar-refractivity contribution is 7.80. The molecular formula is C20H25N3S. The van der Waals surface area contributed by atoms with Crippen LogP contribution in [-0.2, 0) is 13.0 Å². The van der Waals surface area contributed by atoms with Gasteiger partial charge in [0.05, 0.1) is 12.2 Å². The second-order valence-corrected chi connectivity index (χ2v) is 6.80. The summed E-state index contributed by atoms with van der Waals surface area (Å²) in [5.41, 5.74) is 3.51. The molecule has 1 aromatic heterocycles. The summed E-state index contributed by atoms with van der Waals surface area (Å²) < 4.78 is 0. The summed E-state index contributed by atoms with van der Waals surface area (Å²) in [5, 5.41) is 4.19. The molecule has 0 aliphatic heterocycles. The lowest BCUT2D eigenvalue weighted by molar-refractivity contribution is 0.404. The van der Waals surface area contributed by atoms with Gasteiger partial charge in [0.1, 0.15) is 0 Å². The normalized spacial score (nSPS) is 13.5. The minimum Gasteiger partial charge on any atom is -0.340 e. The van der Waals surface area contributed by atoms with Crippen LogP contribution >= 0.6 is 12.2 Å². The molecular weight excluding hydrogens is 314 g/mol. The van der Waals surface area contributed by atoms with Gasteiger partial charge in [-0.15, -0.1) is 0 Å². The first-order chi connectivity index (χ1) is 11.8. The number of pyridine rings is 1. The van der Waals surface area contributed by atoms with Gasteiger partial charge in [-0.3, -0.25) is 4.98 Å². The van der Waals surface area contributed by atoms with Crippen molar-refractivity contribution in [2.75, 3.05) is 5.32 Å². The molecule has 126 valence electrons. The lowest BCUT2D eigenvalue weighted by Gasteiger charge is -2.25.